The number of amides is 1. The molecule has 0 saturated carbocycles. The van der Waals surface area contributed by atoms with Gasteiger partial charge in [0.05, 0.1) is 18.4 Å². The van der Waals surface area contributed by atoms with Crippen molar-refractivity contribution in [3.8, 4) is 11.5 Å². The molecule has 0 atom stereocenters. The fourth-order valence-corrected chi connectivity index (χ4v) is 2.68. The van der Waals surface area contributed by atoms with Crippen LogP contribution < -0.4 is 10.2 Å². The van der Waals surface area contributed by atoms with Crippen LogP contribution in [0.1, 0.15) is 28.4 Å². The van der Waals surface area contributed by atoms with Crippen LogP contribution in [0.2, 0.25) is 0 Å². The van der Waals surface area contributed by atoms with Crippen LogP contribution in [0, 0.1) is 0 Å². The van der Waals surface area contributed by atoms with Crippen LogP contribution in [0.4, 0.5) is 0 Å². The Morgan fingerprint density at radius 2 is 2.16 bits per heavy atom. The Balaban J connectivity index is 2.18. The monoisotopic (exact) mass is 402 g/mol. The van der Waals surface area contributed by atoms with Gasteiger partial charge in [-0.2, -0.15) is 5.10 Å². The Morgan fingerprint density at radius 1 is 1.40 bits per heavy atom. The third kappa shape index (κ3) is 4.93. The number of benzene rings is 2. The number of ether oxygens (including phenoxy) is 1. The van der Waals surface area contributed by atoms with Crippen LogP contribution in [-0.4, -0.2) is 23.8 Å². The van der Waals surface area contributed by atoms with Crippen molar-refractivity contribution < 1.29 is 14.6 Å². The van der Waals surface area contributed by atoms with Crippen LogP contribution in [0.3, 0.4) is 0 Å². The van der Waals surface area contributed by atoms with Crippen molar-refractivity contribution in [3.05, 3.63) is 70.2 Å². The van der Waals surface area contributed by atoms with Gasteiger partial charge in [0.25, 0.3) is 5.91 Å². The third-order valence-corrected chi connectivity index (χ3v) is 4.03. The molecule has 0 aromatic heterocycles. The molecule has 2 aromatic rings. The number of allylic oxidation sites excluding steroid dienone is 1. The quantitative estimate of drug-likeness (QED) is 0.416. The number of hydrazone groups is 1. The van der Waals surface area contributed by atoms with E-state index in [2.05, 4.69) is 33.0 Å². The molecule has 1 amide bonds. The van der Waals surface area contributed by atoms with Crippen molar-refractivity contribution in [3.63, 3.8) is 0 Å². The fourth-order valence-electron chi connectivity index (χ4n) is 2.21. The molecular weight excluding hydrogens is 384 g/mol. The summed E-state index contributed by atoms with van der Waals surface area (Å²) < 4.78 is 6.13. The van der Waals surface area contributed by atoms with Gasteiger partial charge >= 0.3 is 0 Å². The number of hydrogen-bond acceptors (Lipinski definition) is 4. The molecule has 0 spiro atoms. The Labute approximate surface area is 155 Å². The summed E-state index contributed by atoms with van der Waals surface area (Å²) in [6.45, 7) is 5.95. The van der Waals surface area contributed by atoms with E-state index < -0.39 is 0 Å². The number of aromatic hydroxyl groups is 1. The minimum atomic E-state index is -0.321. The van der Waals surface area contributed by atoms with Crippen LogP contribution >= 0.6 is 15.9 Å². The normalized spacial score (nSPS) is 10.6. The standard InChI is InChI=1S/C19H19BrN2O3/c1-3-7-14-10-13(11-17(18(14)23)25-4-2)12-21-22-19(24)15-8-5-6-9-16(15)20/h3,5-6,8-12,23H,1,4,7H2,2H3,(H,22,24)/b21-12-. The van der Waals surface area contributed by atoms with Gasteiger partial charge in [0.1, 0.15) is 0 Å². The van der Waals surface area contributed by atoms with E-state index in [0.29, 0.717) is 39.9 Å². The predicted molar refractivity (Wildman–Crippen MR) is 102 cm³/mol. The molecule has 2 rings (SSSR count). The highest BCUT2D eigenvalue weighted by molar-refractivity contribution is 9.10. The summed E-state index contributed by atoms with van der Waals surface area (Å²) in [6.07, 6.45) is 3.70. The molecule has 2 N–H and O–H groups in total. The Hall–Kier alpha value is -2.60. The topological polar surface area (TPSA) is 70.9 Å². The maximum absolute atomic E-state index is 12.1. The van der Waals surface area contributed by atoms with Crippen molar-refractivity contribution in [2.24, 2.45) is 5.10 Å². The maximum atomic E-state index is 12.1. The number of hydrogen-bond donors (Lipinski definition) is 2. The average molecular weight is 403 g/mol. The van der Waals surface area contributed by atoms with Gasteiger partial charge in [-0.3, -0.25) is 4.79 Å². The van der Waals surface area contributed by atoms with Crippen molar-refractivity contribution in [2.45, 2.75) is 13.3 Å². The average Bonchev–Trinajstić information content (AvgIpc) is 2.59. The highest BCUT2D eigenvalue weighted by Crippen LogP contribution is 2.31. The molecule has 5 nitrogen and oxygen atoms in total. The fraction of sp³-hybridized carbons (Fsp3) is 0.158. The second-order valence-corrected chi connectivity index (χ2v) is 5.99. The lowest BCUT2D eigenvalue weighted by atomic mass is 10.1. The van der Waals surface area contributed by atoms with E-state index in [1.165, 1.54) is 6.21 Å². The number of nitrogens with zero attached hydrogens (tertiary/aromatic N) is 1. The molecule has 2 aromatic carbocycles. The smallest absolute Gasteiger partial charge is 0.272 e. The van der Waals surface area contributed by atoms with Crippen molar-refractivity contribution in [1.82, 2.24) is 5.43 Å². The Kier molecular flexibility index (Phi) is 6.77. The molecule has 0 fully saturated rings. The number of carbonyl (C=O) groups excluding carboxylic acids is 1. The van der Waals surface area contributed by atoms with E-state index >= 15 is 0 Å². The molecule has 0 saturated heterocycles. The molecule has 0 bridgehead atoms. The summed E-state index contributed by atoms with van der Waals surface area (Å²) >= 11 is 3.33. The first-order valence-corrected chi connectivity index (χ1v) is 8.53. The lowest BCUT2D eigenvalue weighted by Crippen LogP contribution is -2.18. The summed E-state index contributed by atoms with van der Waals surface area (Å²) in [5.41, 5.74) is 4.36. The van der Waals surface area contributed by atoms with E-state index in [9.17, 15) is 9.90 Å². The molecule has 0 aliphatic rings. The highest BCUT2D eigenvalue weighted by Gasteiger charge is 2.10. The molecule has 0 aliphatic carbocycles. The minimum Gasteiger partial charge on any atom is -0.504 e. The van der Waals surface area contributed by atoms with Gasteiger partial charge in [-0.25, -0.2) is 5.43 Å². The first kappa shape index (κ1) is 18.7. The predicted octanol–water partition coefficient (Wildman–Crippen LogP) is 4.05. The summed E-state index contributed by atoms with van der Waals surface area (Å²) in [5.74, 6) is 0.149. The number of rotatable bonds is 7. The largest absolute Gasteiger partial charge is 0.504 e. The number of halogens is 1. The number of phenols is 1. The second kappa shape index (κ2) is 9.03. The first-order valence-electron chi connectivity index (χ1n) is 7.74. The van der Waals surface area contributed by atoms with Gasteiger partial charge in [0.15, 0.2) is 11.5 Å². The van der Waals surface area contributed by atoms with Crippen molar-refractivity contribution in [1.29, 1.82) is 0 Å². The number of nitrogens with one attached hydrogen (secondary N) is 1. The number of phenolic OH excluding ortho intramolecular Hbond substituents is 1. The van der Waals surface area contributed by atoms with E-state index in [0.717, 1.165) is 0 Å². The summed E-state index contributed by atoms with van der Waals surface area (Å²) in [7, 11) is 0. The zero-order chi connectivity index (χ0) is 18.2. The van der Waals surface area contributed by atoms with Crippen LogP contribution in [0.5, 0.6) is 11.5 Å². The van der Waals surface area contributed by atoms with Gasteiger partial charge in [0, 0.05) is 10.0 Å². The SMILES string of the molecule is C=CCc1cc(/C=N\NC(=O)c2ccccc2Br)cc(OCC)c1O. The van der Waals surface area contributed by atoms with Gasteiger partial charge in [-0.1, -0.05) is 18.2 Å². The molecule has 0 heterocycles. The molecule has 130 valence electrons. The van der Waals surface area contributed by atoms with Gasteiger partial charge in [0.2, 0.25) is 0 Å². The van der Waals surface area contributed by atoms with Crippen LogP contribution in [0.25, 0.3) is 0 Å². The third-order valence-electron chi connectivity index (χ3n) is 3.34. The zero-order valence-corrected chi connectivity index (χ0v) is 15.4. The van der Waals surface area contributed by atoms with Gasteiger partial charge in [-0.15, -0.1) is 6.58 Å². The molecule has 0 unspecified atom stereocenters. The number of carbonyl (C=O) groups is 1. The minimum absolute atomic E-state index is 0.0937. The second-order valence-electron chi connectivity index (χ2n) is 5.13. The van der Waals surface area contributed by atoms with E-state index in [1.807, 2.05) is 13.0 Å². The van der Waals surface area contributed by atoms with Gasteiger partial charge in [-0.05, 0) is 59.1 Å². The Bertz CT molecular complexity index is 803. The van der Waals surface area contributed by atoms with E-state index in [1.54, 1.807) is 36.4 Å². The van der Waals surface area contributed by atoms with Gasteiger partial charge < -0.3 is 9.84 Å². The lowest BCUT2D eigenvalue weighted by molar-refractivity contribution is 0.0954. The van der Waals surface area contributed by atoms with E-state index in [4.69, 9.17) is 4.74 Å². The molecular formula is C19H19BrN2O3. The molecule has 25 heavy (non-hydrogen) atoms. The molecule has 6 heteroatoms. The summed E-state index contributed by atoms with van der Waals surface area (Å²) in [6, 6.07) is 10.5. The van der Waals surface area contributed by atoms with Crippen LogP contribution in [-0.2, 0) is 6.42 Å². The lowest BCUT2D eigenvalue weighted by Gasteiger charge is -2.10. The molecule has 0 radical (unpaired) electrons. The van der Waals surface area contributed by atoms with Crippen LogP contribution in [0.15, 0.2) is 58.6 Å². The van der Waals surface area contributed by atoms with Crippen molar-refractivity contribution in [2.75, 3.05) is 6.61 Å². The molecule has 0 aliphatic heterocycles. The highest BCUT2D eigenvalue weighted by atomic mass is 79.9. The van der Waals surface area contributed by atoms with E-state index in [-0.39, 0.29) is 11.7 Å². The Morgan fingerprint density at radius 3 is 2.84 bits per heavy atom. The summed E-state index contributed by atoms with van der Waals surface area (Å²) in [4.78, 5) is 12.1. The maximum Gasteiger partial charge on any atom is 0.272 e. The van der Waals surface area contributed by atoms with Crippen molar-refractivity contribution >= 4 is 28.1 Å². The first-order chi connectivity index (χ1) is 12.1. The summed E-state index contributed by atoms with van der Waals surface area (Å²) in [5, 5.41) is 14.2. The zero-order valence-electron chi connectivity index (χ0n) is 13.8.